The molecule has 0 heterocycles. The number of rotatable bonds is 41. The van der Waals surface area contributed by atoms with E-state index >= 15 is 0 Å². The van der Waals surface area contributed by atoms with Crippen LogP contribution < -0.4 is 0 Å². The first kappa shape index (κ1) is 84.3. The van der Waals surface area contributed by atoms with Gasteiger partial charge in [-0.2, -0.15) is 0 Å². The molecule has 0 amide bonds. The molecule has 12 nitrogen and oxygen atoms in total. The summed E-state index contributed by atoms with van der Waals surface area (Å²) < 4.78 is 31.9. The maximum atomic E-state index is 12.0. The molecule has 0 rings (SSSR count). The summed E-state index contributed by atoms with van der Waals surface area (Å²) >= 11 is 0. The van der Waals surface area contributed by atoms with Crippen LogP contribution >= 0.6 is 0 Å². The van der Waals surface area contributed by atoms with E-state index in [0.717, 1.165) is 52.1 Å². The lowest BCUT2D eigenvalue weighted by atomic mass is 10.2. The van der Waals surface area contributed by atoms with Gasteiger partial charge in [0.2, 0.25) is 0 Å². The average Bonchev–Trinajstić information content (AvgIpc) is 3.24. The number of esters is 3. The second kappa shape index (κ2) is 39.8. The third-order valence-electron chi connectivity index (χ3n) is 14.8. The highest BCUT2D eigenvalue weighted by molar-refractivity contribution is 6.90. The molecule has 21 heteroatoms. The quantitative estimate of drug-likeness (QED) is 0.0252. The Balaban J connectivity index is -0.00000112. The number of hydrogen-bond acceptors (Lipinski definition) is 12. The molecule has 0 aromatic carbocycles. The van der Waals surface area contributed by atoms with Crippen LogP contribution in [0.3, 0.4) is 0 Å². The van der Waals surface area contributed by atoms with Crippen molar-refractivity contribution in [3.8, 4) is 0 Å². The molecule has 0 spiro atoms. The van der Waals surface area contributed by atoms with Crippen molar-refractivity contribution < 1.29 is 28.6 Å². The first-order valence-corrected chi connectivity index (χ1v) is 63.2. The average molecular weight is 1280 g/mol. The standard InChI is InChI=1S/C22H52N2O2Si3.C20H48N2O2Si3.C17H42N2O2Si3/c1-11-12-21-26-22(25)17-20-23(27(2,3)4)18-15-13-14-16-19-24(28(5,6)7)29(8,9)10;1-11-24-20(23)16-19-21(25(2,3)4)17-14-12-13-15-18-22(26(5,6)7)27(8,9)10;1-11-21-17(20)13-16-18(22(2,3)4)14-12-15-19(23(5,6)7)24(8,9)10/h11-21H2,1-10H3;11-19H2,1-10H3;11-16H2,1-10H3. The van der Waals surface area contributed by atoms with Gasteiger partial charge in [-0.1, -0.05) is 216 Å². The Labute approximate surface area is 509 Å². The molecule has 0 aromatic heterocycles. The highest BCUT2D eigenvalue weighted by atomic mass is 28.4. The molecule has 0 aliphatic heterocycles. The van der Waals surface area contributed by atoms with E-state index in [4.69, 9.17) is 14.2 Å². The maximum Gasteiger partial charge on any atom is 0.307 e. The van der Waals surface area contributed by atoms with E-state index in [-0.39, 0.29) is 17.9 Å². The summed E-state index contributed by atoms with van der Waals surface area (Å²) in [4.78, 5) is 35.3. The highest BCUT2D eigenvalue weighted by Crippen LogP contribution is 2.24. The molecule has 0 saturated carbocycles. The summed E-state index contributed by atoms with van der Waals surface area (Å²) in [7, 11) is -11.6. The van der Waals surface area contributed by atoms with Gasteiger partial charge >= 0.3 is 17.9 Å². The summed E-state index contributed by atoms with van der Waals surface area (Å²) in [5.41, 5.74) is 0. The Morgan fingerprint density at radius 3 is 0.713 bits per heavy atom. The van der Waals surface area contributed by atoms with Gasteiger partial charge in [-0.3, -0.25) is 14.4 Å². The van der Waals surface area contributed by atoms with Crippen LogP contribution in [0.1, 0.15) is 111 Å². The van der Waals surface area contributed by atoms with Crippen LogP contribution in [0.2, 0.25) is 177 Å². The zero-order chi connectivity index (χ0) is 63.2. The van der Waals surface area contributed by atoms with E-state index in [1.807, 2.05) is 13.8 Å². The third kappa shape index (κ3) is 42.9. The zero-order valence-corrected chi connectivity index (χ0v) is 68.5. The summed E-state index contributed by atoms with van der Waals surface area (Å²) in [5, 5.41) is 0. The van der Waals surface area contributed by atoms with E-state index in [1.54, 1.807) is 0 Å². The largest absolute Gasteiger partial charge is 0.466 e. The number of unbranched alkanes of at least 4 members (excludes halogenated alkanes) is 7. The summed E-state index contributed by atoms with van der Waals surface area (Å²) in [6.07, 6.45) is 15.2. The Morgan fingerprint density at radius 2 is 0.487 bits per heavy atom. The van der Waals surface area contributed by atoms with Gasteiger partial charge in [0.25, 0.3) is 0 Å². The van der Waals surface area contributed by atoms with Crippen LogP contribution in [0.5, 0.6) is 0 Å². The minimum atomic E-state index is -1.41. The van der Waals surface area contributed by atoms with Crippen LogP contribution in [-0.2, 0) is 28.6 Å². The van der Waals surface area contributed by atoms with Gasteiger partial charge in [0.05, 0.1) is 39.1 Å². The first-order valence-electron chi connectivity index (χ1n) is 32.1. The summed E-state index contributed by atoms with van der Waals surface area (Å²) in [6, 6.07) is 0. The van der Waals surface area contributed by atoms with Gasteiger partial charge in [-0.15, -0.1) is 0 Å². The SMILES string of the molecule is CCCCOC(=O)CCN(CCCCCCN([Si](C)(C)C)[Si](C)(C)C)[Si](C)(C)C.CCOC(=O)CCN(CCCCCCN([Si](C)(C)C)[Si](C)(C)C)[Si](C)(C)C.CCOC(=O)CCN(CCCN([Si](C)(C)C)[Si](C)(C)C)[Si](C)(C)C. The molecule has 0 saturated heterocycles. The fraction of sp³-hybridized carbons (Fsp3) is 0.949. The van der Waals surface area contributed by atoms with Crippen molar-refractivity contribution in [2.45, 2.75) is 287 Å². The smallest absolute Gasteiger partial charge is 0.307 e. The van der Waals surface area contributed by atoms with E-state index in [0.29, 0.717) is 39.1 Å². The van der Waals surface area contributed by atoms with Gasteiger partial charge in [-0.05, 0) is 91.6 Å². The van der Waals surface area contributed by atoms with Crippen molar-refractivity contribution in [1.82, 2.24) is 26.4 Å². The molecular formula is C59H142N6O6Si9. The lowest BCUT2D eigenvalue weighted by molar-refractivity contribution is -0.144. The van der Waals surface area contributed by atoms with Gasteiger partial charge in [0, 0.05) is 19.6 Å². The summed E-state index contributed by atoms with van der Waals surface area (Å²) in [5.74, 6) is -0.149. The van der Waals surface area contributed by atoms with E-state index in [9.17, 15) is 14.4 Å². The number of carbonyl (C=O) groups is 3. The first-order chi connectivity index (χ1) is 36.1. The fourth-order valence-corrected chi connectivity index (χ4v) is 45.2. The van der Waals surface area contributed by atoms with Gasteiger partial charge in [0.15, 0.2) is 0 Å². The molecule has 0 unspecified atom stereocenters. The molecule has 0 radical (unpaired) electrons. The minimum Gasteiger partial charge on any atom is -0.466 e. The highest BCUT2D eigenvalue weighted by Gasteiger charge is 2.36. The minimum absolute atomic E-state index is 0.0283. The molecule has 0 atom stereocenters. The summed E-state index contributed by atoms with van der Waals surface area (Å²) in [6.45, 7) is 83.1. The van der Waals surface area contributed by atoms with E-state index in [1.165, 1.54) is 77.4 Å². The normalized spacial score (nSPS) is 13.5. The predicted octanol–water partition coefficient (Wildman–Crippen LogP) is 16.4. The molecule has 0 aliphatic rings. The van der Waals surface area contributed by atoms with Crippen molar-refractivity contribution >= 4 is 92.0 Å². The van der Waals surface area contributed by atoms with Crippen LogP contribution in [0.4, 0.5) is 0 Å². The number of ether oxygens (including phenoxy) is 3. The number of nitrogens with zero attached hydrogens (tertiary/aromatic N) is 6. The second-order valence-electron chi connectivity index (χ2n) is 31.6. The van der Waals surface area contributed by atoms with Crippen LogP contribution in [0.15, 0.2) is 0 Å². The van der Waals surface area contributed by atoms with Crippen molar-refractivity contribution in [3.05, 3.63) is 0 Å². The Bertz CT molecular complexity index is 1600. The van der Waals surface area contributed by atoms with Gasteiger partial charge < -0.3 is 40.6 Å². The Morgan fingerprint density at radius 1 is 0.263 bits per heavy atom. The maximum absolute atomic E-state index is 12.0. The topological polar surface area (TPSA) is 98.3 Å². The molecular weight excluding hydrogens is 1140 g/mol. The molecule has 0 N–H and O–H groups in total. The molecule has 480 valence electrons. The van der Waals surface area contributed by atoms with E-state index < -0.39 is 74.1 Å². The van der Waals surface area contributed by atoms with Crippen molar-refractivity contribution in [2.24, 2.45) is 0 Å². The third-order valence-corrected chi connectivity index (χ3v) is 44.9. The van der Waals surface area contributed by atoms with Crippen molar-refractivity contribution in [1.29, 1.82) is 0 Å². The van der Waals surface area contributed by atoms with Crippen LogP contribution in [0, 0.1) is 0 Å². The predicted molar refractivity (Wildman–Crippen MR) is 379 cm³/mol. The fourth-order valence-electron chi connectivity index (χ4n) is 11.2. The van der Waals surface area contributed by atoms with E-state index in [2.05, 4.69) is 210 Å². The zero-order valence-electron chi connectivity index (χ0n) is 59.5. The van der Waals surface area contributed by atoms with Crippen molar-refractivity contribution in [3.63, 3.8) is 0 Å². The molecule has 0 aromatic rings. The van der Waals surface area contributed by atoms with Crippen LogP contribution in [0.25, 0.3) is 0 Å². The lowest BCUT2D eigenvalue weighted by Crippen LogP contribution is -2.59. The number of hydrogen-bond donors (Lipinski definition) is 0. The Hall–Kier alpha value is 0.122. The number of carbonyl (C=O) groups excluding carboxylic acids is 3. The Kier molecular flexibility index (Phi) is 42.0. The lowest BCUT2D eigenvalue weighted by Gasteiger charge is -2.44. The molecule has 0 aliphatic carbocycles. The molecule has 80 heavy (non-hydrogen) atoms. The molecule has 0 bridgehead atoms. The van der Waals surface area contributed by atoms with Gasteiger partial charge in [-0.25, -0.2) is 0 Å². The van der Waals surface area contributed by atoms with Crippen molar-refractivity contribution in [2.75, 3.05) is 78.7 Å². The van der Waals surface area contributed by atoms with Crippen LogP contribution in [-0.4, -0.2) is 197 Å². The molecule has 0 fully saturated rings. The second-order valence-corrected chi connectivity index (χ2v) is 77.1. The van der Waals surface area contributed by atoms with Gasteiger partial charge in [0.1, 0.15) is 74.1 Å². The monoisotopic (exact) mass is 1280 g/mol.